The number of benzene rings is 1. The van der Waals surface area contributed by atoms with Crippen molar-refractivity contribution in [2.45, 2.75) is 26.9 Å². The number of carboxylic acids is 1. The lowest BCUT2D eigenvalue weighted by Gasteiger charge is -2.21. The second kappa shape index (κ2) is 6.76. The maximum Gasteiger partial charge on any atom is 0.310 e. The van der Waals surface area contributed by atoms with E-state index in [1.807, 2.05) is 0 Å². The van der Waals surface area contributed by atoms with Gasteiger partial charge in [0, 0.05) is 6.54 Å². The Hall–Kier alpha value is -1.82. The van der Waals surface area contributed by atoms with Gasteiger partial charge in [0.15, 0.2) is 6.10 Å². The molecule has 116 valence electrons. The maximum absolute atomic E-state index is 12.9. The van der Waals surface area contributed by atoms with Crippen LogP contribution >= 0.6 is 11.6 Å². The Morgan fingerprint density at radius 1 is 1.48 bits per heavy atom. The van der Waals surface area contributed by atoms with Gasteiger partial charge in [0.05, 0.1) is 10.4 Å². The van der Waals surface area contributed by atoms with Gasteiger partial charge >= 0.3 is 5.97 Å². The van der Waals surface area contributed by atoms with Crippen LogP contribution in [0.3, 0.4) is 0 Å². The van der Waals surface area contributed by atoms with Crippen molar-refractivity contribution in [3.8, 4) is 5.75 Å². The largest absolute Gasteiger partial charge is 0.481 e. The third-order valence-electron chi connectivity index (χ3n) is 2.85. The third-order valence-corrected chi connectivity index (χ3v) is 3.15. The van der Waals surface area contributed by atoms with Crippen molar-refractivity contribution in [2.75, 3.05) is 6.54 Å². The van der Waals surface area contributed by atoms with Crippen molar-refractivity contribution in [1.29, 1.82) is 0 Å². The normalized spacial score (nSPS) is 12.6. The molecule has 0 aromatic heterocycles. The van der Waals surface area contributed by atoms with E-state index in [-0.39, 0.29) is 17.3 Å². The number of carbonyl (C=O) groups excluding carboxylic acids is 1. The van der Waals surface area contributed by atoms with Crippen molar-refractivity contribution in [3.63, 3.8) is 0 Å². The topological polar surface area (TPSA) is 75.6 Å². The molecule has 0 radical (unpaired) electrons. The zero-order valence-corrected chi connectivity index (χ0v) is 12.7. The summed E-state index contributed by atoms with van der Waals surface area (Å²) in [6, 6.07) is 3.57. The van der Waals surface area contributed by atoms with Gasteiger partial charge in [-0.15, -0.1) is 0 Å². The first kappa shape index (κ1) is 17.2. The van der Waals surface area contributed by atoms with Crippen molar-refractivity contribution in [2.24, 2.45) is 5.41 Å². The molecule has 1 aromatic carbocycles. The summed E-state index contributed by atoms with van der Waals surface area (Å²) in [5.74, 6) is -1.83. The molecule has 5 nitrogen and oxygen atoms in total. The number of amides is 1. The van der Waals surface area contributed by atoms with Crippen LogP contribution in [0.15, 0.2) is 18.2 Å². The van der Waals surface area contributed by atoms with E-state index in [4.69, 9.17) is 21.4 Å². The van der Waals surface area contributed by atoms with E-state index in [0.717, 1.165) is 6.07 Å². The van der Waals surface area contributed by atoms with Gasteiger partial charge in [-0.25, -0.2) is 4.39 Å². The van der Waals surface area contributed by atoms with Crippen LogP contribution in [-0.2, 0) is 9.59 Å². The van der Waals surface area contributed by atoms with Gasteiger partial charge in [-0.3, -0.25) is 9.59 Å². The molecular weight excluding hydrogens is 301 g/mol. The highest BCUT2D eigenvalue weighted by atomic mass is 35.5. The summed E-state index contributed by atoms with van der Waals surface area (Å²) < 4.78 is 18.2. The molecule has 0 bridgehead atoms. The number of ether oxygens (including phenoxy) is 1. The summed E-state index contributed by atoms with van der Waals surface area (Å²) in [5.41, 5.74) is -1.08. The lowest BCUT2D eigenvalue weighted by Crippen LogP contribution is -2.43. The monoisotopic (exact) mass is 317 g/mol. The van der Waals surface area contributed by atoms with Crippen LogP contribution in [0.2, 0.25) is 5.02 Å². The fourth-order valence-electron chi connectivity index (χ4n) is 1.34. The molecule has 2 N–H and O–H groups in total. The highest BCUT2D eigenvalue weighted by Crippen LogP contribution is 2.25. The van der Waals surface area contributed by atoms with E-state index in [9.17, 15) is 14.0 Å². The maximum atomic E-state index is 12.9. The molecule has 0 aliphatic rings. The minimum atomic E-state index is -1.08. The Balaban J connectivity index is 2.61. The average molecular weight is 318 g/mol. The lowest BCUT2D eigenvalue weighted by atomic mass is 9.94. The van der Waals surface area contributed by atoms with Gasteiger partial charge in [-0.1, -0.05) is 11.6 Å². The standard InChI is InChI=1S/C14H17ClFNO4/c1-8(12(18)17-7-14(2,3)13(19)20)21-11-5-4-9(16)6-10(11)15/h4-6,8H,7H2,1-3H3,(H,17,18)(H,19,20). The van der Waals surface area contributed by atoms with Crippen LogP contribution in [0.1, 0.15) is 20.8 Å². The molecule has 1 aromatic rings. The van der Waals surface area contributed by atoms with Crippen molar-refractivity contribution >= 4 is 23.5 Å². The summed E-state index contributed by atoms with van der Waals surface area (Å²) in [4.78, 5) is 22.8. The molecule has 21 heavy (non-hydrogen) atoms. The Morgan fingerprint density at radius 2 is 2.10 bits per heavy atom. The van der Waals surface area contributed by atoms with E-state index >= 15 is 0 Å². The molecule has 0 spiro atoms. The van der Waals surface area contributed by atoms with Crippen LogP contribution in [0, 0.1) is 11.2 Å². The quantitative estimate of drug-likeness (QED) is 0.845. The third kappa shape index (κ3) is 4.90. The molecule has 0 saturated carbocycles. The molecule has 1 rings (SSSR count). The first-order valence-electron chi connectivity index (χ1n) is 6.26. The number of hydrogen-bond donors (Lipinski definition) is 2. The Labute approximate surface area is 127 Å². The summed E-state index contributed by atoms with van der Waals surface area (Å²) in [7, 11) is 0. The first-order valence-corrected chi connectivity index (χ1v) is 6.64. The molecule has 0 heterocycles. The first-order chi connectivity index (χ1) is 9.63. The smallest absolute Gasteiger partial charge is 0.310 e. The number of hydrogen-bond acceptors (Lipinski definition) is 3. The number of nitrogens with one attached hydrogen (secondary N) is 1. The molecule has 0 aliphatic heterocycles. The Bertz CT molecular complexity index is 548. The van der Waals surface area contributed by atoms with E-state index in [1.165, 1.54) is 32.9 Å². The highest BCUT2D eigenvalue weighted by Gasteiger charge is 2.28. The Kier molecular flexibility index (Phi) is 5.54. The molecule has 0 saturated heterocycles. The number of carboxylic acid groups (broad SMARTS) is 1. The summed E-state index contributed by atoms with van der Waals surface area (Å²) in [6.07, 6.45) is -0.891. The predicted molar refractivity (Wildman–Crippen MR) is 75.9 cm³/mol. The molecular formula is C14H17ClFNO4. The second-order valence-electron chi connectivity index (χ2n) is 5.24. The van der Waals surface area contributed by atoms with Gasteiger partial charge in [0.2, 0.25) is 0 Å². The SMILES string of the molecule is CC(Oc1ccc(F)cc1Cl)C(=O)NCC(C)(C)C(=O)O. The molecule has 0 fully saturated rings. The minimum Gasteiger partial charge on any atom is -0.481 e. The van der Waals surface area contributed by atoms with Crippen molar-refractivity contribution in [3.05, 3.63) is 29.0 Å². The average Bonchev–Trinajstić information content (AvgIpc) is 2.39. The van der Waals surface area contributed by atoms with Gasteiger partial charge in [-0.2, -0.15) is 0 Å². The van der Waals surface area contributed by atoms with Crippen LogP contribution < -0.4 is 10.1 Å². The zero-order chi connectivity index (χ0) is 16.2. The van der Waals surface area contributed by atoms with Gasteiger partial charge in [0.25, 0.3) is 5.91 Å². The van der Waals surface area contributed by atoms with E-state index in [0.29, 0.717) is 0 Å². The fourth-order valence-corrected chi connectivity index (χ4v) is 1.55. The van der Waals surface area contributed by atoms with Gasteiger partial charge < -0.3 is 15.2 Å². The van der Waals surface area contributed by atoms with Crippen molar-refractivity contribution < 1.29 is 23.8 Å². The van der Waals surface area contributed by atoms with Crippen LogP contribution in [-0.4, -0.2) is 29.6 Å². The highest BCUT2D eigenvalue weighted by molar-refractivity contribution is 6.32. The van der Waals surface area contributed by atoms with Crippen LogP contribution in [0.5, 0.6) is 5.75 Å². The van der Waals surface area contributed by atoms with Crippen molar-refractivity contribution in [1.82, 2.24) is 5.32 Å². The van der Waals surface area contributed by atoms with Gasteiger partial charge in [-0.05, 0) is 39.0 Å². The number of aliphatic carboxylic acids is 1. The van der Waals surface area contributed by atoms with E-state index in [1.54, 1.807) is 0 Å². The molecule has 1 unspecified atom stereocenters. The predicted octanol–water partition coefficient (Wildman–Crippen LogP) is 2.47. The van der Waals surface area contributed by atoms with E-state index < -0.39 is 29.2 Å². The molecule has 0 aliphatic carbocycles. The zero-order valence-electron chi connectivity index (χ0n) is 11.9. The summed E-state index contributed by atoms with van der Waals surface area (Å²) >= 11 is 5.80. The molecule has 1 atom stereocenters. The number of halogens is 2. The lowest BCUT2D eigenvalue weighted by molar-refractivity contribution is -0.147. The van der Waals surface area contributed by atoms with E-state index in [2.05, 4.69) is 5.32 Å². The number of rotatable bonds is 6. The van der Waals surface area contributed by atoms with Crippen LogP contribution in [0.4, 0.5) is 4.39 Å². The second-order valence-corrected chi connectivity index (χ2v) is 5.65. The minimum absolute atomic E-state index is 0.0357. The van der Waals surface area contributed by atoms with Gasteiger partial charge in [0.1, 0.15) is 11.6 Å². The molecule has 7 heteroatoms. The molecule has 1 amide bonds. The fraction of sp³-hybridized carbons (Fsp3) is 0.429. The Morgan fingerprint density at radius 3 is 2.62 bits per heavy atom. The van der Waals surface area contributed by atoms with Crippen LogP contribution in [0.25, 0.3) is 0 Å². The number of carbonyl (C=O) groups is 2. The summed E-state index contributed by atoms with van der Waals surface area (Å²) in [6.45, 7) is 4.45. The summed E-state index contributed by atoms with van der Waals surface area (Å²) in [5, 5.41) is 11.5.